The number of thioether (sulfide) groups is 1. The van der Waals surface area contributed by atoms with Crippen molar-refractivity contribution in [2.24, 2.45) is 0 Å². The minimum Gasteiger partial charge on any atom is -0.497 e. The fraction of sp³-hybridized carbons (Fsp3) is 0.278. The lowest BCUT2D eigenvalue weighted by Gasteiger charge is -2.12. The molecule has 0 saturated carbocycles. The molecular weight excluding hydrogens is 294 g/mol. The average Bonchev–Trinajstić information content (AvgIpc) is 2.54. The third-order valence-corrected chi connectivity index (χ3v) is 4.42. The molecule has 1 atom stereocenters. The highest BCUT2D eigenvalue weighted by Gasteiger charge is 2.14. The molecule has 0 heterocycles. The standard InChI is InChI=1S/C18H21NO2S/c1-13-7-9-17(10-8-13)22-14(2)18(20)19-12-15-5-4-6-16(11-15)21-3/h4-11,14H,12H2,1-3H3,(H,19,20). The van der Waals surface area contributed by atoms with Crippen LogP contribution in [-0.2, 0) is 11.3 Å². The van der Waals surface area contributed by atoms with Crippen LogP contribution in [0.2, 0.25) is 0 Å². The van der Waals surface area contributed by atoms with E-state index in [0.29, 0.717) is 6.54 Å². The molecule has 2 aromatic rings. The summed E-state index contributed by atoms with van der Waals surface area (Å²) in [6.07, 6.45) is 0. The SMILES string of the molecule is COc1cccc(CNC(=O)C(C)Sc2ccc(C)cc2)c1. The van der Waals surface area contributed by atoms with Crippen LogP contribution in [-0.4, -0.2) is 18.3 Å². The molecule has 2 aromatic carbocycles. The maximum absolute atomic E-state index is 12.2. The van der Waals surface area contributed by atoms with E-state index in [4.69, 9.17) is 4.74 Å². The van der Waals surface area contributed by atoms with E-state index in [-0.39, 0.29) is 11.2 Å². The van der Waals surface area contributed by atoms with E-state index in [9.17, 15) is 4.79 Å². The van der Waals surface area contributed by atoms with Crippen LogP contribution in [0.3, 0.4) is 0 Å². The van der Waals surface area contributed by atoms with Gasteiger partial charge in [0, 0.05) is 11.4 Å². The second kappa shape index (κ2) is 7.90. The predicted molar refractivity (Wildman–Crippen MR) is 91.3 cm³/mol. The summed E-state index contributed by atoms with van der Waals surface area (Å²) in [7, 11) is 1.64. The minimum atomic E-state index is -0.131. The lowest BCUT2D eigenvalue weighted by molar-refractivity contribution is -0.120. The molecule has 0 bridgehead atoms. The first kappa shape index (κ1) is 16.4. The zero-order valence-corrected chi connectivity index (χ0v) is 13.9. The van der Waals surface area contributed by atoms with Crippen LogP contribution in [0, 0.1) is 6.92 Å². The fourth-order valence-corrected chi connectivity index (χ4v) is 2.88. The van der Waals surface area contributed by atoms with Crippen molar-refractivity contribution in [3.63, 3.8) is 0 Å². The Morgan fingerprint density at radius 3 is 2.64 bits per heavy atom. The monoisotopic (exact) mass is 315 g/mol. The number of carbonyl (C=O) groups excluding carboxylic acids is 1. The van der Waals surface area contributed by atoms with Gasteiger partial charge in [0.1, 0.15) is 5.75 Å². The molecule has 0 saturated heterocycles. The zero-order valence-electron chi connectivity index (χ0n) is 13.1. The molecule has 1 unspecified atom stereocenters. The summed E-state index contributed by atoms with van der Waals surface area (Å²) in [5.74, 6) is 0.835. The molecule has 22 heavy (non-hydrogen) atoms. The lowest BCUT2D eigenvalue weighted by atomic mass is 10.2. The Morgan fingerprint density at radius 1 is 1.23 bits per heavy atom. The third-order valence-electron chi connectivity index (χ3n) is 3.30. The molecule has 0 spiro atoms. The molecule has 2 rings (SSSR count). The summed E-state index contributed by atoms with van der Waals surface area (Å²) >= 11 is 1.57. The highest BCUT2D eigenvalue weighted by Crippen LogP contribution is 2.23. The molecule has 0 fully saturated rings. The van der Waals surface area contributed by atoms with E-state index >= 15 is 0 Å². The van der Waals surface area contributed by atoms with E-state index in [1.165, 1.54) is 5.56 Å². The van der Waals surface area contributed by atoms with Crippen molar-refractivity contribution in [2.75, 3.05) is 7.11 Å². The van der Waals surface area contributed by atoms with Crippen molar-refractivity contribution >= 4 is 17.7 Å². The summed E-state index contributed by atoms with van der Waals surface area (Å²) < 4.78 is 5.18. The molecule has 0 aliphatic carbocycles. The molecule has 3 nitrogen and oxygen atoms in total. The molecule has 0 aromatic heterocycles. The number of nitrogens with one attached hydrogen (secondary N) is 1. The molecule has 0 aliphatic heterocycles. The van der Waals surface area contributed by atoms with E-state index in [1.54, 1.807) is 18.9 Å². The topological polar surface area (TPSA) is 38.3 Å². The number of carbonyl (C=O) groups is 1. The van der Waals surface area contributed by atoms with Gasteiger partial charge in [0.05, 0.1) is 12.4 Å². The van der Waals surface area contributed by atoms with Gasteiger partial charge in [-0.3, -0.25) is 4.79 Å². The number of methoxy groups -OCH3 is 1. The van der Waals surface area contributed by atoms with Crippen molar-refractivity contribution in [3.8, 4) is 5.75 Å². The number of rotatable bonds is 6. The van der Waals surface area contributed by atoms with E-state index in [1.807, 2.05) is 43.3 Å². The molecule has 1 N–H and O–H groups in total. The van der Waals surface area contributed by atoms with E-state index in [0.717, 1.165) is 16.2 Å². The molecule has 1 amide bonds. The van der Waals surface area contributed by atoms with Crippen molar-refractivity contribution in [3.05, 3.63) is 59.7 Å². The van der Waals surface area contributed by atoms with Crippen LogP contribution in [0.15, 0.2) is 53.4 Å². The first-order valence-electron chi connectivity index (χ1n) is 7.22. The van der Waals surface area contributed by atoms with Crippen molar-refractivity contribution in [1.29, 1.82) is 0 Å². The summed E-state index contributed by atoms with van der Waals surface area (Å²) in [5.41, 5.74) is 2.25. The van der Waals surface area contributed by atoms with Crippen LogP contribution in [0.4, 0.5) is 0 Å². The van der Waals surface area contributed by atoms with Gasteiger partial charge in [0.2, 0.25) is 5.91 Å². The molecule has 0 aliphatic rings. The quantitative estimate of drug-likeness (QED) is 0.824. The average molecular weight is 315 g/mol. The Hall–Kier alpha value is -1.94. The van der Waals surface area contributed by atoms with Gasteiger partial charge < -0.3 is 10.1 Å². The van der Waals surface area contributed by atoms with E-state index < -0.39 is 0 Å². The summed E-state index contributed by atoms with van der Waals surface area (Å²) in [6.45, 7) is 4.49. The maximum atomic E-state index is 12.2. The van der Waals surface area contributed by atoms with Crippen molar-refractivity contribution < 1.29 is 9.53 Å². The first-order valence-corrected chi connectivity index (χ1v) is 8.10. The normalized spacial score (nSPS) is 11.8. The van der Waals surface area contributed by atoms with Gasteiger partial charge in [-0.25, -0.2) is 0 Å². The van der Waals surface area contributed by atoms with Crippen molar-refractivity contribution in [1.82, 2.24) is 5.32 Å². The number of hydrogen-bond acceptors (Lipinski definition) is 3. The summed E-state index contributed by atoms with van der Waals surface area (Å²) in [6, 6.07) is 15.9. The lowest BCUT2D eigenvalue weighted by Crippen LogP contribution is -2.30. The van der Waals surface area contributed by atoms with Gasteiger partial charge in [-0.1, -0.05) is 29.8 Å². The Balaban J connectivity index is 1.86. The highest BCUT2D eigenvalue weighted by molar-refractivity contribution is 8.00. The zero-order chi connectivity index (χ0) is 15.9. The van der Waals surface area contributed by atoms with Crippen molar-refractivity contribution in [2.45, 2.75) is 30.5 Å². The first-order chi connectivity index (χ1) is 10.6. The van der Waals surface area contributed by atoms with Crippen LogP contribution in [0.1, 0.15) is 18.1 Å². The van der Waals surface area contributed by atoms with Gasteiger partial charge in [-0.2, -0.15) is 0 Å². The second-order valence-corrected chi connectivity index (χ2v) is 6.56. The minimum absolute atomic E-state index is 0.0356. The van der Waals surface area contributed by atoms with Crippen LogP contribution >= 0.6 is 11.8 Å². The summed E-state index contributed by atoms with van der Waals surface area (Å²) in [4.78, 5) is 13.3. The number of amides is 1. The number of ether oxygens (including phenoxy) is 1. The van der Waals surface area contributed by atoms with Crippen LogP contribution in [0.25, 0.3) is 0 Å². The van der Waals surface area contributed by atoms with Gasteiger partial charge in [-0.15, -0.1) is 11.8 Å². The van der Waals surface area contributed by atoms with Crippen LogP contribution < -0.4 is 10.1 Å². The Morgan fingerprint density at radius 2 is 1.95 bits per heavy atom. The van der Waals surface area contributed by atoms with Gasteiger partial charge in [0.15, 0.2) is 0 Å². The Labute approximate surface area is 136 Å². The molecule has 116 valence electrons. The Bertz CT molecular complexity index is 625. The molecule has 4 heteroatoms. The molecule has 0 radical (unpaired) electrons. The second-order valence-electron chi connectivity index (χ2n) is 5.14. The largest absolute Gasteiger partial charge is 0.497 e. The van der Waals surface area contributed by atoms with E-state index in [2.05, 4.69) is 24.4 Å². The van der Waals surface area contributed by atoms with Crippen LogP contribution in [0.5, 0.6) is 5.75 Å². The number of aryl methyl sites for hydroxylation is 1. The highest BCUT2D eigenvalue weighted by atomic mass is 32.2. The number of hydrogen-bond donors (Lipinski definition) is 1. The smallest absolute Gasteiger partial charge is 0.233 e. The number of benzene rings is 2. The Kier molecular flexibility index (Phi) is 5.90. The van der Waals surface area contributed by atoms with Gasteiger partial charge in [0.25, 0.3) is 0 Å². The van der Waals surface area contributed by atoms with Gasteiger partial charge >= 0.3 is 0 Å². The molecular formula is C18H21NO2S. The summed E-state index contributed by atoms with van der Waals surface area (Å²) in [5, 5.41) is 2.84. The maximum Gasteiger partial charge on any atom is 0.233 e. The van der Waals surface area contributed by atoms with Gasteiger partial charge in [-0.05, 0) is 43.7 Å². The third kappa shape index (κ3) is 4.81. The predicted octanol–water partition coefficient (Wildman–Crippen LogP) is 3.80. The fourth-order valence-electron chi connectivity index (χ4n) is 1.99.